The van der Waals surface area contributed by atoms with E-state index < -0.39 is 5.54 Å². The van der Waals surface area contributed by atoms with Gasteiger partial charge in [0.25, 0.3) is 0 Å². The van der Waals surface area contributed by atoms with Crippen LogP contribution in [0.4, 0.5) is 5.13 Å². The predicted molar refractivity (Wildman–Crippen MR) is 105 cm³/mol. The Morgan fingerprint density at radius 2 is 1.92 bits per heavy atom. The van der Waals surface area contributed by atoms with Gasteiger partial charge in [-0.15, -0.1) is 10.2 Å². The van der Waals surface area contributed by atoms with Crippen LogP contribution in [0, 0.1) is 11.3 Å². The number of carbonyl (C=O) groups excluding carboxylic acids is 1. The minimum Gasteiger partial charge on any atom is -0.357 e. The number of nitrogens with zero attached hydrogens (tertiary/aromatic N) is 3. The predicted octanol–water partition coefficient (Wildman–Crippen LogP) is 4.11. The largest absolute Gasteiger partial charge is 0.357 e. The van der Waals surface area contributed by atoms with Crippen molar-refractivity contribution in [3.05, 3.63) is 0 Å². The van der Waals surface area contributed by atoms with Gasteiger partial charge >= 0.3 is 0 Å². The molecule has 2 fully saturated rings. The van der Waals surface area contributed by atoms with Crippen molar-refractivity contribution in [1.82, 2.24) is 15.5 Å². The highest BCUT2D eigenvalue weighted by Crippen LogP contribution is 2.32. The lowest BCUT2D eigenvalue weighted by Crippen LogP contribution is -2.50. The summed E-state index contributed by atoms with van der Waals surface area (Å²) in [7, 11) is 0. The fourth-order valence-corrected chi connectivity index (χ4v) is 5.67. The molecule has 0 bridgehead atoms. The first-order chi connectivity index (χ1) is 12.6. The van der Waals surface area contributed by atoms with Crippen LogP contribution in [0.15, 0.2) is 4.34 Å². The maximum absolute atomic E-state index is 12.6. The van der Waals surface area contributed by atoms with Crippen molar-refractivity contribution in [3.8, 4) is 6.07 Å². The molecule has 3 rings (SSSR count). The van der Waals surface area contributed by atoms with E-state index in [9.17, 15) is 10.1 Å². The zero-order chi connectivity index (χ0) is 18.4. The van der Waals surface area contributed by atoms with Crippen LogP contribution in [0.2, 0.25) is 0 Å². The third kappa shape index (κ3) is 5.10. The summed E-state index contributed by atoms with van der Waals surface area (Å²) >= 11 is 2.92. The van der Waals surface area contributed by atoms with E-state index in [0.717, 1.165) is 41.6 Å². The Labute approximate surface area is 163 Å². The van der Waals surface area contributed by atoms with E-state index in [1.165, 1.54) is 55.2 Å². The van der Waals surface area contributed by atoms with Gasteiger partial charge in [-0.2, -0.15) is 5.26 Å². The molecule has 1 heterocycles. The average molecular weight is 394 g/mol. The standard InChI is InChI=1S/C18H27N5OS2/c1-13(15(24)21-18(12-19)10-6-3-7-11-18)25-17-23-22-16(26-17)20-14-8-4-2-5-9-14/h13-14H,2-11H2,1H3,(H,20,22)(H,21,24). The minimum absolute atomic E-state index is 0.0876. The molecule has 0 radical (unpaired) electrons. The summed E-state index contributed by atoms with van der Waals surface area (Å²) in [5, 5.41) is 25.0. The van der Waals surface area contributed by atoms with Gasteiger partial charge in [0.2, 0.25) is 11.0 Å². The van der Waals surface area contributed by atoms with Gasteiger partial charge in [0.1, 0.15) is 5.54 Å². The Kier molecular flexibility index (Phi) is 6.76. The van der Waals surface area contributed by atoms with Crippen LogP contribution < -0.4 is 10.6 Å². The van der Waals surface area contributed by atoms with Crippen molar-refractivity contribution >= 4 is 34.1 Å². The average Bonchev–Trinajstić information content (AvgIpc) is 3.10. The number of hydrogen-bond acceptors (Lipinski definition) is 7. The van der Waals surface area contributed by atoms with E-state index in [1.54, 1.807) is 0 Å². The Morgan fingerprint density at radius 1 is 1.23 bits per heavy atom. The highest BCUT2D eigenvalue weighted by molar-refractivity contribution is 8.02. The van der Waals surface area contributed by atoms with E-state index in [0.29, 0.717) is 6.04 Å². The molecule has 1 unspecified atom stereocenters. The molecule has 1 atom stereocenters. The van der Waals surface area contributed by atoms with E-state index in [1.807, 2.05) is 6.92 Å². The van der Waals surface area contributed by atoms with Crippen LogP contribution in [0.1, 0.15) is 71.1 Å². The molecular weight excluding hydrogens is 366 g/mol. The molecule has 2 N–H and O–H groups in total. The molecule has 1 amide bonds. The SMILES string of the molecule is CC(Sc1nnc(NC2CCCCC2)s1)C(=O)NC1(C#N)CCCCC1. The summed E-state index contributed by atoms with van der Waals surface area (Å²) in [4.78, 5) is 12.6. The molecule has 8 heteroatoms. The first kappa shape index (κ1) is 19.4. The second-order valence-corrected chi connectivity index (χ2v) is 9.92. The lowest BCUT2D eigenvalue weighted by atomic mass is 9.83. The Hall–Kier alpha value is -1.33. The van der Waals surface area contributed by atoms with E-state index in [2.05, 4.69) is 26.9 Å². The summed E-state index contributed by atoms with van der Waals surface area (Å²) in [5.41, 5.74) is -0.682. The molecule has 0 aliphatic heterocycles. The Morgan fingerprint density at radius 3 is 2.62 bits per heavy atom. The number of rotatable bonds is 6. The van der Waals surface area contributed by atoms with E-state index in [-0.39, 0.29) is 11.2 Å². The van der Waals surface area contributed by atoms with Crippen LogP contribution in [0.5, 0.6) is 0 Å². The maximum Gasteiger partial charge on any atom is 0.234 e. The fraction of sp³-hybridized carbons (Fsp3) is 0.778. The smallest absolute Gasteiger partial charge is 0.234 e. The van der Waals surface area contributed by atoms with Crippen molar-refractivity contribution in [2.24, 2.45) is 0 Å². The second kappa shape index (κ2) is 9.05. The minimum atomic E-state index is -0.682. The first-order valence-electron chi connectivity index (χ1n) is 9.60. The molecule has 26 heavy (non-hydrogen) atoms. The Balaban J connectivity index is 1.51. The number of thioether (sulfide) groups is 1. The summed E-state index contributed by atoms with van der Waals surface area (Å²) in [5.74, 6) is -0.0876. The van der Waals surface area contributed by atoms with Crippen molar-refractivity contribution in [2.75, 3.05) is 5.32 Å². The lowest BCUT2D eigenvalue weighted by molar-refractivity contribution is -0.121. The summed E-state index contributed by atoms with van der Waals surface area (Å²) < 4.78 is 0.792. The molecule has 0 spiro atoms. The zero-order valence-electron chi connectivity index (χ0n) is 15.3. The van der Waals surface area contributed by atoms with Crippen molar-refractivity contribution in [2.45, 2.75) is 92.3 Å². The van der Waals surface area contributed by atoms with Crippen LogP contribution >= 0.6 is 23.1 Å². The lowest BCUT2D eigenvalue weighted by Gasteiger charge is -2.32. The first-order valence-corrected chi connectivity index (χ1v) is 11.3. The fourth-order valence-electron chi connectivity index (χ4n) is 3.70. The molecule has 0 saturated heterocycles. The van der Waals surface area contributed by atoms with Gasteiger partial charge in [0, 0.05) is 6.04 Å². The number of hydrogen-bond donors (Lipinski definition) is 2. The third-order valence-corrected chi connectivity index (χ3v) is 7.31. The van der Waals surface area contributed by atoms with E-state index in [4.69, 9.17) is 0 Å². The van der Waals surface area contributed by atoms with Gasteiger partial charge in [-0.3, -0.25) is 4.79 Å². The number of aromatic nitrogens is 2. The van der Waals surface area contributed by atoms with Gasteiger partial charge < -0.3 is 10.6 Å². The normalized spacial score (nSPS) is 21.5. The van der Waals surface area contributed by atoms with Gasteiger partial charge in [0.05, 0.1) is 11.3 Å². The molecular formula is C18H27N5OS2. The number of nitriles is 1. The molecule has 142 valence electrons. The van der Waals surface area contributed by atoms with Crippen LogP contribution in [0.25, 0.3) is 0 Å². The van der Waals surface area contributed by atoms with Crippen molar-refractivity contribution in [1.29, 1.82) is 5.26 Å². The van der Waals surface area contributed by atoms with Crippen molar-refractivity contribution in [3.63, 3.8) is 0 Å². The van der Waals surface area contributed by atoms with Crippen LogP contribution in [-0.4, -0.2) is 32.9 Å². The molecule has 2 aliphatic rings. The van der Waals surface area contributed by atoms with Crippen LogP contribution in [-0.2, 0) is 4.79 Å². The number of carbonyl (C=O) groups is 1. The molecule has 2 saturated carbocycles. The van der Waals surface area contributed by atoms with E-state index >= 15 is 0 Å². The van der Waals surface area contributed by atoms with Gasteiger partial charge in [0.15, 0.2) is 4.34 Å². The number of nitrogens with one attached hydrogen (secondary N) is 2. The molecule has 1 aromatic rings. The summed E-state index contributed by atoms with van der Waals surface area (Å²) in [6.07, 6.45) is 10.9. The molecule has 1 aromatic heterocycles. The molecule has 2 aliphatic carbocycles. The quantitative estimate of drug-likeness (QED) is 0.707. The highest BCUT2D eigenvalue weighted by Gasteiger charge is 2.35. The molecule has 0 aromatic carbocycles. The highest BCUT2D eigenvalue weighted by atomic mass is 32.2. The van der Waals surface area contributed by atoms with Gasteiger partial charge in [-0.1, -0.05) is 61.6 Å². The maximum atomic E-state index is 12.6. The van der Waals surface area contributed by atoms with Gasteiger partial charge in [-0.25, -0.2) is 0 Å². The number of anilines is 1. The second-order valence-electron chi connectivity index (χ2n) is 7.36. The summed E-state index contributed by atoms with van der Waals surface area (Å²) in [6, 6.07) is 2.84. The third-order valence-electron chi connectivity index (χ3n) is 5.27. The molecule has 6 nitrogen and oxygen atoms in total. The van der Waals surface area contributed by atoms with Crippen molar-refractivity contribution < 1.29 is 4.79 Å². The monoisotopic (exact) mass is 393 g/mol. The van der Waals surface area contributed by atoms with Gasteiger partial charge in [-0.05, 0) is 32.6 Å². The Bertz CT molecular complexity index is 644. The van der Waals surface area contributed by atoms with Crippen LogP contribution in [0.3, 0.4) is 0 Å². The summed E-state index contributed by atoms with van der Waals surface area (Å²) in [6.45, 7) is 1.86. The topological polar surface area (TPSA) is 90.7 Å². The number of amides is 1. The zero-order valence-corrected chi connectivity index (χ0v) is 16.9.